The number of fused-ring (bicyclic) bond motifs is 1. The van der Waals surface area contributed by atoms with Crippen molar-refractivity contribution in [1.82, 2.24) is 0 Å². The number of anilines is 2. The molecule has 4 nitrogen and oxygen atoms in total. The van der Waals surface area contributed by atoms with Crippen LogP contribution in [-0.2, 0) is 10.0 Å². The van der Waals surface area contributed by atoms with Gasteiger partial charge in [0, 0.05) is 17.6 Å². The Kier molecular flexibility index (Phi) is 3.91. The maximum Gasteiger partial charge on any atom is 0.264 e. The predicted octanol–water partition coefficient (Wildman–Crippen LogP) is 3.46. The zero-order chi connectivity index (χ0) is 14.9. The Balaban J connectivity index is 2.08. The van der Waals surface area contributed by atoms with E-state index in [1.807, 2.05) is 24.3 Å². The molecule has 2 aromatic rings. The van der Waals surface area contributed by atoms with E-state index in [0.29, 0.717) is 17.1 Å². The average Bonchev–Trinajstić information content (AvgIpc) is 2.70. The lowest BCUT2D eigenvalue weighted by atomic mass is 10.2. The highest BCUT2D eigenvalue weighted by Gasteiger charge is 2.27. The van der Waals surface area contributed by atoms with Gasteiger partial charge in [0.1, 0.15) is 0 Å². The van der Waals surface area contributed by atoms with Crippen LogP contribution in [0.2, 0.25) is 0 Å². The van der Waals surface area contributed by atoms with E-state index in [1.54, 1.807) is 24.3 Å². The monoisotopic (exact) mass is 366 g/mol. The van der Waals surface area contributed by atoms with E-state index < -0.39 is 10.0 Å². The normalized spacial score (nSPS) is 15.0. The van der Waals surface area contributed by atoms with Gasteiger partial charge in [-0.05, 0) is 42.8 Å². The number of para-hydroxylation sites is 2. The Morgan fingerprint density at radius 2 is 1.76 bits per heavy atom. The van der Waals surface area contributed by atoms with Crippen molar-refractivity contribution in [3.63, 3.8) is 0 Å². The molecule has 0 atom stereocenters. The molecule has 0 saturated carbocycles. The highest BCUT2D eigenvalue weighted by atomic mass is 79.9. The van der Waals surface area contributed by atoms with Crippen LogP contribution >= 0.6 is 15.9 Å². The van der Waals surface area contributed by atoms with Crippen LogP contribution in [0.1, 0.15) is 6.42 Å². The van der Waals surface area contributed by atoms with Crippen LogP contribution in [0.15, 0.2) is 57.9 Å². The number of halogens is 1. The number of rotatable bonds is 2. The van der Waals surface area contributed by atoms with E-state index in [0.717, 1.165) is 23.1 Å². The van der Waals surface area contributed by atoms with Gasteiger partial charge in [-0.25, -0.2) is 8.42 Å². The first kappa shape index (κ1) is 14.4. The maximum absolute atomic E-state index is 12.9. The summed E-state index contributed by atoms with van der Waals surface area (Å²) in [5, 5.41) is 3.27. The fourth-order valence-corrected chi connectivity index (χ4v) is 4.18. The zero-order valence-corrected chi connectivity index (χ0v) is 13.7. The molecule has 0 spiro atoms. The molecule has 110 valence electrons. The minimum absolute atomic E-state index is 0.308. The average molecular weight is 367 g/mol. The van der Waals surface area contributed by atoms with Gasteiger partial charge in [-0.3, -0.25) is 4.31 Å². The minimum atomic E-state index is -3.54. The number of hydrogen-bond acceptors (Lipinski definition) is 3. The summed E-state index contributed by atoms with van der Waals surface area (Å²) < 4.78 is 28.1. The molecule has 0 aromatic heterocycles. The fourth-order valence-electron chi connectivity index (χ4n) is 2.39. The Hall–Kier alpha value is -1.53. The molecule has 0 amide bonds. The van der Waals surface area contributed by atoms with Gasteiger partial charge in [-0.2, -0.15) is 0 Å². The second-order valence-corrected chi connectivity index (χ2v) is 7.61. The second kappa shape index (κ2) is 5.69. The molecule has 1 aliphatic heterocycles. The fraction of sp³-hybridized carbons (Fsp3) is 0.200. The molecule has 0 radical (unpaired) electrons. The third-order valence-corrected chi connectivity index (χ3v) is 5.78. The van der Waals surface area contributed by atoms with Crippen LogP contribution in [0.3, 0.4) is 0 Å². The third-order valence-electron chi connectivity index (χ3n) is 3.43. The Labute approximate surface area is 133 Å². The van der Waals surface area contributed by atoms with E-state index in [9.17, 15) is 8.42 Å². The van der Waals surface area contributed by atoms with Crippen molar-refractivity contribution in [2.24, 2.45) is 0 Å². The largest absolute Gasteiger partial charge is 0.383 e. The van der Waals surface area contributed by atoms with Crippen molar-refractivity contribution < 1.29 is 8.42 Å². The number of nitrogens with zero attached hydrogens (tertiary/aromatic N) is 1. The van der Waals surface area contributed by atoms with Crippen LogP contribution in [-0.4, -0.2) is 21.5 Å². The summed E-state index contributed by atoms with van der Waals surface area (Å²) in [5.41, 5.74) is 1.56. The summed E-state index contributed by atoms with van der Waals surface area (Å²) in [7, 11) is -3.54. The number of benzene rings is 2. The lowest BCUT2D eigenvalue weighted by Gasteiger charge is -2.24. The van der Waals surface area contributed by atoms with Gasteiger partial charge >= 0.3 is 0 Å². The molecule has 0 fully saturated rings. The molecule has 0 aliphatic carbocycles. The Morgan fingerprint density at radius 3 is 2.52 bits per heavy atom. The van der Waals surface area contributed by atoms with Gasteiger partial charge in [0.15, 0.2) is 0 Å². The minimum Gasteiger partial charge on any atom is -0.383 e. The standard InChI is InChI=1S/C15H15BrN2O2S/c16-12-6-8-13(9-7-12)21(19,20)18-11-3-10-17-14-4-1-2-5-15(14)18/h1-2,4-9,17H,3,10-11H2. The first-order chi connectivity index (χ1) is 10.1. The molecule has 21 heavy (non-hydrogen) atoms. The molecular formula is C15H15BrN2O2S. The van der Waals surface area contributed by atoms with Crippen LogP contribution in [0.4, 0.5) is 11.4 Å². The third kappa shape index (κ3) is 2.78. The quantitative estimate of drug-likeness (QED) is 0.885. The molecule has 0 saturated heterocycles. The highest BCUT2D eigenvalue weighted by Crippen LogP contribution is 2.32. The van der Waals surface area contributed by atoms with Crippen molar-refractivity contribution in [2.45, 2.75) is 11.3 Å². The molecule has 6 heteroatoms. The van der Waals surface area contributed by atoms with E-state index in [1.165, 1.54) is 4.31 Å². The highest BCUT2D eigenvalue weighted by molar-refractivity contribution is 9.10. The van der Waals surface area contributed by atoms with E-state index >= 15 is 0 Å². The van der Waals surface area contributed by atoms with Crippen molar-refractivity contribution in [3.05, 3.63) is 53.0 Å². The van der Waals surface area contributed by atoms with Crippen LogP contribution in [0.5, 0.6) is 0 Å². The molecule has 1 aliphatic rings. The van der Waals surface area contributed by atoms with Gasteiger partial charge in [-0.15, -0.1) is 0 Å². The summed E-state index contributed by atoms with van der Waals surface area (Å²) in [6.07, 6.45) is 0.768. The van der Waals surface area contributed by atoms with Crippen molar-refractivity contribution in [2.75, 3.05) is 22.7 Å². The lowest BCUT2D eigenvalue weighted by molar-refractivity contribution is 0.590. The molecule has 3 rings (SSSR count). The van der Waals surface area contributed by atoms with Crippen molar-refractivity contribution in [3.8, 4) is 0 Å². The number of nitrogens with one attached hydrogen (secondary N) is 1. The molecule has 1 heterocycles. The van der Waals surface area contributed by atoms with E-state index in [2.05, 4.69) is 21.2 Å². The van der Waals surface area contributed by atoms with Crippen molar-refractivity contribution in [1.29, 1.82) is 0 Å². The molecule has 2 aromatic carbocycles. The van der Waals surface area contributed by atoms with Gasteiger partial charge in [0.2, 0.25) is 0 Å². The van der Waals surface area contributed by atoms with Gasteiger partial charge in [0.05, 0.1) is 16.3 Å². The topological polar surface area (TPSA) is 49.4 Å². The SMILES string of the molecule is O=S(=O)(c1ccc(Br)cc1)N1CCCNc2ccccc21. The summed E-state index contributed by atoms with van der Waals surface area (Å²) in [6, 6.07) is 14.2. The summed E-state index contributed by atoms with van der Waals surface area (Å²) >= 11 is 3.33. The first-order valence-electron chi connectivity index (χ1n) is 6.70. The maximum atomic E-state index is 12.9. The van der Waals surface area contributed by atoms with Gasteiger partial charge < -0.3 is 5.32 Å². The second-order valence-electron chi connectivity index (χ2n) is 4.83. The van der Waals surface area contributed by atoms with Gasteiger partial charge in [0.25, 0.3) is 10.0 Å². The molecule has 0 bridgehead atoms. The number of sulfonamides is 1. The number of hydrogen-bond donors (Lipinski definition) is 1. The van der Waals surface area contributed by atoms with Crippen LogP contribution < -0.4 is 9.62 Å². The predicted molar refractivity (Wildman–Crippen MR) is 88.2 cm³/mol. The zero-order valence-electron chi connectivity index (χ0n) is 11.3. The van der Waals surface area contributed by atoms with Gasteiger partial charge in [-0.1, -0.05) is 28.1 Å². The van der Waals surface area contributed by atoms with E-state index in [4.69, 9.17) is 0 Å². The summed E-state index contributed by atoms with van der Waals surface area (Å²) in [6.45, 7) is 1.24. The van der Waals surface area contributed by atoms with E-state index in [-0.39, 0.29) is 0 Å². The van der Waals surface area contributed by atoms with Crippen LogP contribution in [0, 0.1) is 0 Å². The molecule has 1 N–H and O–H groups in total. The van der Waals surface area contributed by atoms with Crippen LogP contribution in [0.25, 0.3) is 0 Å². The van der Waals surface area contributed by atoms with Crippen molar-refractivity contribution >= 4 is 37.3 Å². The lowest BCUT2D eigenvalue weighted by Crippen LogP contribution is -2.31. The molecule has 0 unspecified atom stereocenters. The molecular weight excluding hydrogens is 352 g/mol. The first-order valence-corrected chi connectivity index (χ1v) is 8.93. The Morgan fingerprint density at radius 1 is 1.05 bits per heavy atom. The smallest absolute Gasteiger partial charge is 0.264 e. The summed E-state index contributed by atoms with van der Waals surface area (Å²) in [5.74, 6) is 0. The Bertz CT molecular complexity index is 745. The summed E-state index contributed by atoms with van der Waals surface area (Å²) in [4.78, 5) is 0.308.